The number of likely N-dealkylation sites (tertiary alicyclic amines) is 1. The second kappa shape index (κ2) is 7.63. The third-order valence-electron chi connectivity index (χ3n) is 3.60. The van der Waals surface area contributed by atoms with Gasteiger partial charge < -0.3 is 10.1 Å². The SMILES string of the molecule is O=C(NCC(F)(F)F)C1CCCN1CCOc1ccccc1F. The lowest BCUT2D eigenvalue weighted by Gasteiger charge is -2.23. The second-order valence-corrected chi connectivity index (χ2v) is 5.31. The Balaban J connectivity index is 1.80. The summed E-state index contributed by atoms with van der Waals surface area (Å²) in [7, 11) is 0. The van der Waals surface area contributed by atoms with Crippen LogP contribution in [0.4, 0.5) is 17.6 Å². The average Bonchev–Trinajstić information content (AvgIpc) is 2.94. The lowest BCUT2D eigenvalue weighted by Crippen LogP contribution is -2.46. The maximum absolute atomic E-state index is 13.4. The van der Waals surface area contributed by atoms with Crippen molar-refractivity contribution in [2.24, 2.45) is 0 Å². The van der Waals surface area contributed by atoms with Crippen LogP contribution in [0.25, 0.3) is 0 Å². The molecule has 8 heteroatoms. The second-order valence-electron chi connectivity index (χ2n) is 5.31. The van der Waals surface area contributed by atoms with Gasteiger partial charge in [0.05, 0.1) is 6.04 Å². The summed E-state index contributed by atoms with van der Waals surface area (Å²) in [5.74, 6) is -0.996. The summed E-state index contributed by atoms with van der Waals surface area (Å²) in [6.07, 6.45) is -3.19. The molecule has 1 amide bonds. The van der Waals surface area contributed by atoms with Crippen LogP contribution >= 0.6 is 0 Å². The minimum atomic E-state index is -4.42. The molecule has 0 radical (unpaired) electrons. The van der Waals surface area contributed by atoms with Gasteiger partial charge in [0.1, 0.15) is 13.2 Å². The molecule has 4 nitrogen and oxygen atoms in total. The van der Waals surface area contributed by atoms with Crippen LogP contribution < -0.4 is 10.1 Å². The molecule has 128 valence electrons. The van der Waals surface area contributed by atoms with Crippen molar-refractivity contribution in [1.82, 2.24) is 10.2 Å². The van der Waals surface area contributed by atoms with E-state index in [0.717, 1.165) is 6.42 Å². The van der Waals surface area contributed by atoms with Gasteiger partial charge in [-0.1, -0.05) is 12.1 Å². The molecule has 1 atom stereocenters. The normalized spacial score (nSPS) is 18.9. The fraction of sp³-hybridized carbons (Fsp3) is 0.533. The summed E-state index contributed by atoms with van der Waals surface area (Å²) in [6, 6.07) is 5.36. The molecule has 1 unspecified atom stereocenters. The smallest absolute Gasteiger partial charge is 0.405 e. The maximum Gasteiger partial charge on any atom is 0.405 e. The highest BCUT2D eigenvalue weighted by atomic mass is 19.4. The van der Waals surface area contributed by atoms with Crippen LogP contribution in [0, 0.1) is 5.82 Å². The standard InChI is InChI=1S/C15H18F4N2O2/c16-11-4-1-2-6-13(11)23-9-8-21-7-3-5-12(21)14(22)20-10-15(17,18)19/h1-2,4,6,12H,3,5,7-10H2,(H,20,22). The Hall–Kier alpha value is -1.83. The van der Waals surface area contributed by atoms with Crippen molar-refractivity contribution in [3.05, 3.63) is 30.1 Å². The van der Waals surface area contributed by atoms with Crippen molar-refractivity contribution in [3.8, 4) is 5.75 Å². The summed E-state index contributed by atoms with van der Waals surface area (Å²) in [4.78, 5) is 13.6. The molecule has 0 bridgehead atoms. The van der Waals surface area contributed by atoms with Crippen molar-refractivity contribution >= 4 is 5.91 Å². The predicted molar refractivity (Wildman–Crippen MR) is 75.6 cm³/mol. The number of para-hydroxylation sites is 1. The lowest BCUT2D eigenvalue weighted by molar-refractivity contribution is -0.141. The summed E-state index contributed by atoms with van der Waals surface area (Å²) < 4.78 is 55.1. The molecule has 23 heavy (non-hydrogen) atoms. The Morgan fingerprint density at radius 1 is 1.35 bits per heavy atom. The minimum Gasteiger partial charge on any atom is -0.489 e. The average molecular weight is 334 g/mol. The van der Waals surface area contributed by atoms with Crippen LogP contribution in [-0.2, 0) is 4.79 Å². The molecule has 1 aromatic rings. The highest BCUT2D eigenvalue weighted by Gasteiger charge is 2.33. The molecule has 0 spiro atoms. The molecular formula is C15H18F4N2O2. The third-order valence-corrected chi connectivity index (χ3v) is 3.60. The molecule has 1 saturated heterocycles. The van der Waals surface area contributed by atoms with Crippen molar-refractivity contribution in [2.75, 3.05) is 26.2 Å². The first kappa shape index (κ1) is 17.5. The highest BCUT2D eigenvalue weighted by molar-refractivity contribution is 5.82. The summed E-state index contributed by atoms with van der Waals surface area (Å²) in [5, 5.41) is 1.91. The number of amides is 1. The summed E-state index contributed by atoms with van der Waals surface area (Å²) >= 11 is 0. The number of halogens is 4. The summed E-state index contributed by atoms with van der Waals surface area (Å²) in [6.45, 7) is -0.227. The zero-order valence-electron chi connectivity index (χ0n) is 12.4. The molecule has 1 N–H and O–H groups in total. The number of carbonyl (C=O) groups is 1. The number of hydrogen-bond donors (Lipinski definition) is 1. The Morgan fingerprint density at radius 3 is 2.78 bits per heavy atom. The number of nitrogens with zero attached hydrogens (tertiary/aromatic N) is 1. The van der Waals surface area contributed by atoms with Gasteiger partial charge in [-0.25, -0.2) is 4.39 Å². The lowest BCUT2D eigenvalue weighted by atomic mass is 10.2. The fourth-order valence-electron chi connectivity index (χ4n) is 2.53. The summed E-state index contributed by atoms with van der Waals surface area (Å²) in [5.41, 5.74) is 0. The van der Waals surface area contributed by atoms with Crippen LogP contribution in [0.3, 0.4) is 0 Å². The highest BCUT2D eigenvalue weighted by Crippen LogP contribution is 2.19. The predicted octanol–water partition coefficient (Wildman–Crippen LogP) is 2.35. The van der Waals surface area contributed by atoms with Crippen molar-refractivity contribution < 1.29 is 27.1 Å². The molecule has 0 aromatic heterocycles. The van der Waals surface area contributed by atoms with E-state index in [4.69, 9.17) is 4.74 Å². The first-order chi connectivity index (χ1) is 10.9. The number of carbonyl (C=O) groups excluding carboxylic acids is 1. The van der Waals surface area contributed by atoms with Crippen LogP contribution in [0.5, 0.6) is 5.75 Å². The number of hydrogen-bond acceptors (Lipinski definition) is 3. The van der Waals surface area contributed by atoms with Gasteiger partial charge >= 0.3 is 6.18 Å². The minimum absolute atomic E-state index is 0.116. The van der Waals surface area contributed by atoms with Crippen molar-refractivity contribution in [1.29, 1.82) is 0 Å². The van der Waals surface area contributed by atoms with E-state index < -0.39 is 30.5 Å². The topological polar surface area (TPSA) is 41.6 Å². The van der Waals surface area contributed by atoms with Gasteiger partial charge in [-0.3, -0.25) is 9.69 Å². The number of ether oxygens (including phenoxy) is 1. The Bertz CT molecular complexity index is 536. The number of rotatable bonds is 6. The van der Waals surface area contributed by atoms with Crippen molar-refractivity contribution in [3.63, 3.8) is 0 Å². The van der Waals surface area contributed by atoms with E-state index in [0.29, 0.717) is 19.5 Å². The zero-order valence-corrected chi connectivity index (χ0v) is 12.4. The quantitative estimate of drug-likeness (QED) is 0.812. The number of alkyl halides is 3. The van der Waals surface area contributed by atoms with Gasteiger partial charge in [-0.15, -0.1) is 0 Å². The van der Waals surface area contributed by atoms with E-state index >= 15 is 0 Å². The van der Waals surface area contributed by atoms with Gasteiger partial charge in [0.25, 0.3) is 0 Å². The Kier molecular flexibility index (Phi) is 5.81. The Labute approximate surface area is 131 Å². The van der Waals surface area contributed by atoms with Crippen molar-refractivity contribution in [2.45, 2.75) is 25.1 Å². The first-order valence-electron chi connectivity index (χ1n) is 7.32. The van der Waals surface area contributed by atoms with Crippen LogP contribution in [-0.4, -0.2) is 49.3 Å². The van der Waals surface area contributed by atoms with E-state index in [1.807, 2.05) is 5.32 Å². The van der Waals surface area contributed by atoms with Gasteiger partial charge in [-0.05, 0) is 31.5 Å². The number of nitrogens with one attached hydrogen (secondary N) is 1. The first-order valence-corrected chi connectivity index (χ1v) is 7.32. The largest absolute Gasteiger partial charge is 0.489 e. The molecule has 1 fully saturated rings. The molecule has 1 aliphatic rings. The van der Waals surface area contributed by atoms with Gasteiger partial charge in [0.15, 0.2) is 11.6 Å². The molecule has 0 saturated carbocycles. The molecule has 1 aliphatic heterocycles. The fourth-order valence-corrected chi connectivity index (χ4v) is 2.53. The van der Waals surface area contributed by atoms with E-state index in [1.165, 1.54) is 12.1 Å². The van der Waals surface area contributed by atoms with Crippen LogP contribution in [0.15, 0.2) is 24.3 Å². The molecule has 1 heterocycles. The maximum atomic E-state index is 13.4. The van der Waals surface area contributed by atoms with Gasteiger partial charge in [0, 0.05) is 6.54 Å². The Morgan fingerprint density at radius 2 is 2.09 bits per heavy atom. The third kappa shape index (κ3) is 5.38. The van der Waals surface area contributed by atoms with Gasteiger partial charge in [-0.2, -0.15) is 13.2 Å². The van der Waals surface area contributed by atoms with Crippen LogP contribution in [0.1, 0.15) is 12.8 Å². The van der Waals surface area contributed by atoms with Crippen LogP contribution in [0.2, 0.25) is 0 Å². The molecule has 0 aliphatic carbocycles. The number of benzene rings is 1. The van der Waals surface area contributed by atoms with E-state index in [2.05, 4.69) is 0 Å². The van der Waals surface area contributed by atoms with E-state index in [1.54, 1.807) is 17.0 Å². The molecule has 1 aromatic carbocycles. The van der Waals surface area contributed by atoms with E-state index in [-0.39, 0.29) is 12.4 Å². The molecule has 2 rings (SSSR count). The monoisotopic (exact) mass is 334 g/mol. The van der Waals surface area contributed by atoms with E-state index in [9.17, 15) is 22.4 Å². The van der Waals surface area contributed by atoms with Gasteiger partial charge in [0.2, 0.25) is 5.91 Å². The zero-order chi connectivity index (χ0) is 16.9. The molecular weight excluding hydrogens is 316 g/mol.